The molecular weight excluding hydrogens is 495 g/mol. The molecule has 0 aliphatic rings. The van der Waals surface area contributed by atoms with Crippen LogP contribution in [-0.2, 0) is 17.2 Å². The van der Waals surface area contributed by atoms with Gasteiger partial charge < -0.3 is 5.32 Å². The number of amides is 1. The molecule has 0 aliphatic carbocycles. The van der Waals surface area contributed by atoms with E-state index < -0.39 is 0 Å². The lowest BCUT2D eigenvalue weighted by molar-refractivity contribution is -0.122. The van der Waals surface area contributed by atoms with Gasteiger partial charge in [-0.1, -0.05) is 35.3 Å². The van der Waals surface area contributed by atoms with Gasteiger partial charge in [-0.05, 0) is 61.4 Å². The van der Waals surface area contributed by atoms with Crippen molar-refractivity contribution in [3.63, 3.8) is 0 Å². The van der Waals surface area contributed by atoms with E-state index in [2.05, 4.69) is 15.3 Å². The summed E-state index contributed by atoms with van der Waals surface area (Å²) in [5, 5.41) is 4.13. The maximum atomic E-state index is 13.6. The zero-order valence-corrected chi connectivity index (χ0v) is 20.7. The standard InChI is InChI=1S/C25H21Cl3N4O2/c1-14(2)30-22(33)13-32-24(16-4-3-5-19(27)8-16)31-23-21(25(32)34)10-18(12-29-23)17-6-15(11-26)7-20(28)9-17/h3-10,12,14H,11,13H2,1-2H3,(H,30,33). The van der Waals surface area contributed by atoms with Crippen molar-refractivity contribution in [2.75, 3.05) is 0 Å². The average Bonchev–Trinajstić information content (AvgIpc) is 2.79. The Bertz CT molecular complexity index is 1450. The van der Waals surface area contributed by atoms with Crippen molar-refractivity contribution in [3.05, 3.63) is 80.7 Å². The van der Waals surface area contributed by atoms with E-state index in [0.29, 0.717) is 32.9 Å². The van der Waals surface area contributed by atoms with Crippen LogP contribution in [0.5, 0.6) is 0 Å². The Hall–Kier alpha value is -2.93. The van der Waals surface area contributed by atoms with Crippen molar-refractivity contribution in [3.8, 4) is 22.5 Å². The lowest BCUT2D eigenvalue weighted by Gasteiger charge is -2.15. The molecule has 9 heteroatoms. The minimum Gasteiger partial charge on any atom is -0.352 e. The van der Waals surface area contributed by atoms with Crippen LogP contribution in [0.2, 0.25) is 10.0 Å². The number of rotatable bonds is 6. The van der Waals surface area contributed by atoms with Gasteiger partial charge in [0.25, 0.3) is 5.56 Å². The van der Waals surface area contributed by atoms with E-state index in [1.165, 1.54) is 4.57 Å². The molecule has 0 fully saturated rings. The third kappa shape index (κ3) is 5.25. The van der Waals surface area contributed by atoms with Gasteiger partial charge in [0, 0.05) is 39.3 Å². The summed E-state index contributed by atoms with van der Waals surface area (Å²) in [6.45, 7) is 3.51. The first-order chi connectivity index (χ1) is 16.2. The van der Waals surface area contributed by atoms with E-state index >= 15 is 0 Å². The SMILES string of the molecule is CC(C)NC(=O)Cn1c(-c2cccc(Cl)c2)nc2ncc(-c3cc(Cl)cc(CCl)c3)cc2c1=O. The molecule has 2 heterocycles. The molecule has 34 heavy (non-hydrogen) atoms. The number of hydrogen-bond donors (Lipinski definition) is 1. The fourth-order valence-corrected chi connectivity index (χ4v) is 4.27. The van der Waals surface area contributed by atoms with E-state index in [0.717, 1.165) is 11.1 Å². The maximum absolute atomic E-state index is 13.6. The van der Waals surface area contributed by atoms with E-state index in [4.69, 9.17) is 34.8 Å². The third-order valence-electron chi connectivity index (χ3n) is 5.09. The number of carbonyl (C=O) groups excluding carboxylic acids is 1. The molecule has 174 valence electrons. The van der Waals surface area contributed by atoms with Gasteiger partial charge in [0.05, 0.1) is 5.39 Å². The van der Waals surface area contributed by atoms with Crippen LogP contribution in [0.3, 0.4) is 0 Å². The fraction of sp³-hybridized carbons (Fsp3) is 0.200. The van der Waals surface area contributed by atoms with Crippen molar-refractivity contribution in [1.29, 1.82) is 0 Å². The predicted octanol–water partition coefficient (Wildman–Crippen LogP) is 5.70. The summed E-state index contributed by atoms with van der Waals surface area (Å²) in [7, 11) is 0. The molecule has 2 aromatic carbocycles. The molecule has 4 aromatic rings. The van der Waals surface area contributed by atoms with Crippen LogP contribution < -0.4 is 10.9 Å². The van der Waals surface area contributed by atoms with Gasteiger partial charge in [-0.3, -0.25) is 14.2 Å². The summed E-state index contributed by atoms with van der Waals surface area (Å²) in [6.07, 6.45) is 1.63. The first-order valence-corrected chi connectivity index (χ1v) is 11.9. The number of halogens is 3. The lowest BCUT2D eigenvalue weighted by Crippen LogP contribution is -2.37. The molecule has 1 N–H and O–H groups in total. The third-order valence-corrected chi connectivity index (χ3v) is 5.85. The molecule has 0 spiro atoms. The van der Waals surface area contributed by atoms with Crippen LogP contribution in [-0.4, -0.2) is 26.5 Å². The second-order valence-electron chi connectivity index (χ2n) is 8.14. The zero-order chi connectivity index (χ0) is 24.4. The quantitative estimate of drug-likeness (QED) is 0.334. The number of nitrogens with one attached hydrogen (secondary N) is 1. The number of benzene rings is 2. The minimum absolute atomic E-state index is 0.0709. The summed E-state index contributed by atoms with van der Waals surface area (Å²) in [6, 6.07) is 14.1. The highest BCUT2D eigenvalue weighted by Gasteiger charge is 2.18. The van der Waals surface area contributed by atoms with E-state index in [1.807, 2.05) is 19.9 Å². The number of aromatic nitrogens is 3. The summed E-state index contributed by atoms with van der Waals surface area (Å²) < 4.78 is 1.35. The Morgan fingerprint density at radius 2 is 1.79 bits per heavy atom. The highest BCUT2D eigenvalue weighted by molar-refractivity contribution is 6.31. The number of alkyl halides is 1. The number of hydrogen-bond acceptors (Lipinski definition) is 4. The normalized spacial score (nSPS) is 11.2. The monoisotopic (exact) mass is 514 g/mol. The maximum Gasteiger partial charge on any atom is 0.263 e. The largest absolute Gasteiger partial charge is 0.352 e. The Morgan fingerprint density at radius 3 is 2.50 bits per heavy atom. The Labute approximate surface area is 211 Å². The Balaban J connectivity index is 1.92. The van der Waals surface area contributed by atoms with Crippen LogP contribution in [0.25, 0.3) is 33.5 Å². The molecule has 2 aromatic heterocycles. The number of nitrogens with zero attached hydrogens (tertiary/aromatic N) is 3. The van der Waals surface area contributed by atoms with Crippen LogP contribution in [0.1, 0.15) is 19.4 Å². The minimum atomic E-state index is -0.382. The average molecular weight is 516 g/mol. The Kier molecular flexibility index (Phi) is 7.22. The van der Waals surface area contributed by atoms with Crippen LogP contribution in [0.4, 0.5) is 0 Å². The highest BCUT2D eigenvalue weighted by atomic mass is 35.5. The molecule has 0 saturated carbocycles. The molecule has 0 radical (unpaired) electrons. The van der Waals surface area contributed by atoms with Gasteiger partial charge in [0.15, 0.2) is 5.65 Å². The first-order valence-electron chi connectivity index (χ1n) is 10.6. The molecule has 0 saturated heterocycles. The second kappa shape index (κ2) is 10.1. The number of carbonyl (C=O) groups is 1. The highest BCUT2D eigenvalue weighted by Crippen LogP contribution is 2.28. The topological polar surface area (TPSA) is 76.9 Å². The summed E-state index contributed by atoms with van der Waals surface area (Å²) >= 11 is 18.4. The van der Waals surface area contributed by atoms with Crippen LogP contribution >= 0.6 is 34.8 Å². The van der Waals surface area contributed by atoms with E-state index in [9.17, 15) is 9.59 Å². The molecule has 0 bridgehead atoms. The first kappa shape index (κ1) is 24.2. The van der Waals surface area contributed by atoms with Gasteiger partial charge >= 0.3 is 0 Å². The number of fused-ring (bicyclic) bond motifs is 1. The smallest absolute Gasteiger partial charge is 0.263 e. The summed E-state index contributed by atoms with van der Waals surface area (Å²) in [4.78, 5) is 35.3. The van der Waals surface area contributed by atoms with E-state index in [-0.39, 0.29) is 35.1 Å². The van der Waals surface area contributed by atoms with Gasteiger partial charge in [-0.15, -0.1) is 11.6 Å². The van der Waals surface area contributed by atoms with Crippen molar-refractivity contribution in [2.45, 2.75) is 32.3 Å². The van der Waals surface area contributed by atoms with Crippen LogP contribution in [0.15, 0.2) is 59.5 Å². The molecular formula is C25H21Cl3N4O2. The fourth-order valence-electron chi connectivity index (χ4n) is 3.66. The van der Waals surface area contributed by atoms with Crippen molar-refractivity contribution in [1.82, 2.24) is 19.9 Å². The van der Waals surface area contributed by atoms with Gasteiger partial charge in [-0.2, -0.15) is 0 Å². The Morgan fingerprint density at radius 1 is 1.03 bits per heavy atom. The predicted molar refractivity (Wildman–Crippen MR) is 138 cm³/mol. The van der Waals surface area contributed by atoms with Gasteiger partial charge in [0.1, 0.15) is 12.4 Å². The van der Waals surface area contributed by atoms with Gasteiger partial charge in [-0.25, -0.2) is 9.97 Å². The molecule has 6 nitrogen and oxygen atoms in total. The van der Waals surface area contributed by atoms with Crippen molar-refractivity contribution >= 4 is 51.7 Å². The van der Waals surface area contributed by atoms with E-state index in [1.54, 1.807) is 48.7 Å². The molecule has 4 rings (SSSR count). The summed E-state index contributed by atoms with van der Waals surface area (Å²) in [5.74, 6) is 0.315. The van der Waals surface area contributed by atoms with Crippen LogP contribution in [0, 0.1) is 0 Å². The molecule has 1 amide bonds. The molecule has 0 atom stereocenters. The summed E-state index contributed by atoms with van der Waals surface area (Å²) in [5.41, 5.74) is 2.81. The molecule has 0 unspecified atom stereocenters. The van der Waals surface area contributed by atoms with Crippen molar-refractivity contribution < 1.29 is 4.79 Å². The van der Waals surface area contributed by atoms with Gasteiger partial charge in [0.2, 0.25) is 5.91 Å². The molecule has 0 aliphatic heterocycles. The lowest BCUT2D eigenvalue weighted by atomic mass is 10.0. The number of pyridine rings is 1. The van der Waals surface area contributed by atoms with Crippen molar-refractivity contribution in [2.24, 2.45) is 0 Å². The zero-order valence-electron chi connectivity index (χ0n) is 18.5. The second-order valence-corrected chi connectivity index (χ2v) is 9.28.